The number of ether oxygens (including phenoxy) is 3. The highest BCUT2D eigenvalue weighted by Crippen LogP contribution is 2.47. The maximum absolute atomic E-state index is 10.2. The Labute approximate surface area is 108 Å². The van der Waals surface area contributed by atoms with E-state index in [2.05, 4.69) is 0 Å². The standard InChI is InChI=1S/C14H22O4/c1-12(2)8-9-14(17-12)11(15)5-7-13(18-14)6-3-4-10-16-13/h5,7,11,15H,3-4,6,8-10H2,1-2H3/t11-,13+,14+/m1/s1. The Bertz CT molecular complexity index is 357. The van der Waals surface area contributed by atoms with E-state index in [4.69, 9.17) is 14.2 Å². The minimum atomic E-state index is -0.921. The molecule has 0 unspecified atom stereocenters. The van der Waals surface area contributed by atoms with E-state index in [0.717, 1.165) is 25.7 Å². The molecule has 0 saturated carbocycles. The van der Waals surface area contributed by atoms with Gasteiger partial charge in [0.15, 0.2) is 5.79 Å². The molecule has 0 aromatic heterocycles. The van der Waals surface area contributed by atoms with Crippen molar-refractivity contribution < 1.29 is 19.3 Å². The Hall–Kier alpha value is -0.420. The van der Waals surface area contributed by atoms with Gasteiger partial charge in [0, 0.05) is 12.8 Å². The Morgan fingerprint density at radius 1 is 1.11 bits per heavy atom. The van der Waals surface area contributed by atoms with Gasteiger partial charge in [0.05, 0.1) is 12.2 Å². The minimum absolute atomic E-state index is 0.248. The number of hydrogen-bond acceptors (Lipinski definition) is 4. The number of aliphatic hydroxyl groups is 1. The largest absolute Gasteiger partial charge is 0.383 e. The van der Waals surface area contributed by atoms with Gasteiger partial charge in [0.25, 0.3) is 0 Å². The average Bonchev–Trinajstić information content (AvgIpc) is 2.63. The summed E-state index contributed by atoms with van der Waals surface area (Å²) in [6.45, 7) is 4.77. The van der Waals surface area contributed by atoms with Gasteiger partial charge in [-0.25, -0.2) is 0 Å². The van der Waals surface area contributed by atoms with Crippen LogP contribution in [0.5, 0.6) is 0 Å². The van der Waals surface area contributed by atoms with Crippen LogP contribution in [0.1, 0.15) is 46.0 Å². The highest BCUT2D eigenvalue weighted by molar-refractivity contribution is 5.12. The first-order chi connectivity index (χ1) is 8.46. The average molecular weight is 254 g/mol. The maximum atomic E-state index is 10.2. The summed E-state index contributed by atoms with van der Waals surface area (Å²) in [6.07, 6.45) is 7.50. The molecule has 2 fully saturated rings. The topological polar surface area (TPSA) is 47.9 Å². The van der Waals surface area contributed by atoms with E-state index in [1.54, 1.807) is 6.08 Å². The monoisotopic (exact) mass is 254 g/mol. The fraction of sp³-hybridized carbons (Fsp3) is 0.857. The summed E-state index contributed by atoms with van der Waals surface area (Å²) in [5.74, 6) is -1.60. The van der Waals surface area contributed by atoms with E-state index >= 15 is 0 Å². The van der Waals surface area contributed by atoms with Crippen molar-refractivity contribution in [2.45, 2.75) is 69.2 Å². The van der Waals surface area contributed by atoms with Crippen molar-refractivity contribution in [2.75, 3.05) is 6.61 Å². The van der Waals surface area contributed by atoms with Crippen molar-refractivity contribution in [3.05, 3.63) is 12.2 Å². The highest BCUT2D eigenvalue weighted by atomic mass is 16.8. The first-order valence-corrected chi connectivity index (χ1v) is 6.87. The smallest absolute Gasteiger partial charge is 0.202 e. The van der Waals surface area contributed by atoms with Crippen molar-refractivity contribution in [1.82, 2.24) is 0 Å². The zero-order chi connectivity index (χ0) is 12.9. The van der Waals surface area contributed by atoms with Crippen LogP contribution in [-0.2, 0) is 14.2 Å². The molecule has 1 N–H and O–H groups in total. The summed E-state index contributed by atoms with van der Waals surface area (Å²) < 4.78 is 18.0. The van der Waals surface area contributed by atoms with Gasteiger partial charge in [-0.1, -0.05) is 0 Å². The van der Waals surface area contributed by atoms with Crippen molar-refractivity contribution in [3.63, 3.8) is 0 Å². The van der Waals surface area contributed by atoms with Crippen LogP contribution in [0.15, 0.2) is 12.2 Å². The highest BCUT2D eigenvalue weighted by Gasteiger charge is 2.56. The quantitative estimate of drug-likeness (QED) is 0.673. The van der Waals surface area contributed by atoms with Gasteiger partial charge < -0.3 is 19.3 Å². The molecule has 2 saturated heterocycles. The zero-order valence-electron chi connectivity index (χ0n) is 11.1. The molecule has 0 aliphatic carbocycles. The van der Waals surface area contributed by atoms with Gasteiger partial charge in [-0.15, -0.1) is 0 Å². The van der Waals surface area contributed by atoms with Crippen LogP contribution in [0.25, 0.3) is 0 Å². The van der Waals surface area contributed by atoms with Gasteiger partial charge in [-0.2, -0.15) is 0 Å². The molecule has 4 nitrogen and oxygen atoms in total. The van der Waals surface area contributed by atoms with E-state index < -0.39 is 17.7 Å². The third-order valence-corrected chi connectivity index (χ3v) is 4.12. The molecule has 2 spiro atoms. The van der Waals surface area contributed by atoms with E-state index in [0.29, 0.717) is 13.0 Å². The van der Waals surface area contributed by atoms with Crippen LogP contribution in [0.4, 0.5) is 0 Å². The first-order valence-electron chi connectivity index (χ1n) is 6.87. The summed E-state index contributed by atoms with van der Waals surface area (Å²) >= 11 is 0. The predicted molar refractivity (Wildman–Crippen MR) is 65.9 cm³/mol. The third kappa shape index (κ3) is 2.01. The summed E-state index contributed by atoms with van der Waals surface area (Å²) in [5, 5.41) is 10.2. The normalized spacial score (nSPS) is 46.9. The second kappa shape index (κ2) is 4.04. The molecule has 0 radical (unpaired) electrons. The Morgan fingerprint density at radius 3 is 2.56 bits per heavy atom. The molecule has 18 heavy (non-hydrogen) atoms. The minimum Gasteiger partial charge on any atom is -0.383 e. The van der Waals surface area contributed by atoms with E-state index in [1.807, 2.05) is 19.9 Å². The Kier molecular flexibility index (Phi) is 2.83. The lowest BCUT2D eigenvalue weighted by molar-refractivity contribution is -0.375. The van der Waals surface area contributed by atoms with E-state index in [9.17, 15) is 5.11 Å². The van der Waals surface area contributed by atoms with Gasteiger partial charge >= 0.3 is 0 Å². The number of rotatable bonds is 0. The number of aliphatic hydroxyl groups excluding tert-OH is 1. The SMILES string of the molecule is CC1(C)CC[C@]2(O1)O[C@]1(C=C[C@H]2O)CCCCO1. The summed E-state index contributed by atoms with van der Waals surface area (Å²) in [7, 11) is 0. The molecule has 102 valence electrons. The first kappa shape index (κ1) is 12.6. The fourth-order valence-corrected chi connectivity index (χ4v) is 3.10. The molecular weight excluding hydrogens is 232 g/mol. The van der Waals surface area contributed by atoms with Crippen LogP contribution < -0.4 is 0 Å². The second-order valence-corrected chi connectivity index (χ2v) is 6.20. The molecule has 3 atom stereocenters. The lowest BCUT2D eigenvalue weighted by atomic mass is 9.95. The van der Waals surface area contributed by atoms with Crippen molar-refractivity contribution in [1.29, 1.82) is 0 Å². The van der Waals surface area contributed by atoms with Crippen LogP contribution >= 0.6 is 0 Å². The third-order valence-electron chi connectivity index (χ3n) is 4.12. The molecule has 3 aliphatic rings. The molecule has 0 bridgehead atoms. The summed E-state index contributed by atoms with van der Waals surface area (Å²) in [6, 6.07) is 0. The van der Waals surface area contributed by atoms with Crippen molar-refractivity contribution in [3.8, 4) is 0 Å². The Balaban J connectivity index is 1.86. The molecule has 3 rings (SSSR count). The van der Waals surface area contributed by atoms with Crippen LogP contribution in [0, 0.1) is 0 Å². The maximum Gasteiger partial charge on any atom is 0.202 e. The summed E-state index contributed by atoms with van der Waals surface area (Å²) in [4.78, 5) is 0. The summed E-state index contributed by atoms with van der Waals surface area (Å²) in [5.41, 5.74) is -0.248. The predicted octanol–water partition coefficient (Wildman–Crippen LogP) is 2.12. The second-order valence-electron chi connectivity index (χ2n) is 6.20. The van der Waals surface area contributed by atoms with Crippen LogP contribution in [0.2, 0.25) is 0 Å². The lowest BCUT2D eigenvalue weighted by Crippen LogP contribution is -2.56. The fourth-order valence-electron chi connectivity index (χ4n) is 3.10. The van der Waals surface area contributed by atoms with E-state index in [1.165, 1.54) is 0 Å². The van der Waals surface area contributed by atoms with Crippen molar-refractivity contribution in [2.24, 2.45) is 0 Å². The van der Waals surface area contributed by atoms with Gasteiger partial charge in [0.1, 0.15) is 6.10 Å². The molecule has 3 aliphatic heterocycles. The van der Waals surface area contributed by atoms with Crippen molar-refractivity contribution >= 4 is 0 Å². The molecule has 0 amide bonds. The molecule has 4 heteroatoms. The molecule has 3 heterocycles. The van der Waals surface area contributed by atoms with Gasteiger partial charge in [0.2, 0.25) is 5.79 Å². The zero-order valence-corrected chi connectivity index (χ0v) is 11.1. The lowest BCUT2D eigenvalue weighted by Gasteiger charge is -2.46. The molecule has 0 aromatic rings. The van der Waals surface area contributed by atoms with E-state index in [-0.39, 0.29) is 5.60 Å². The van der Waals surface area contributed by atoms with Gasteiger partial charge in [-0.05, 0) is 45.3 Å². The molecule has 0 aromatic carbocycles. The Morgan fingerprint density at radius 2 is 1.94 bits per heavy atom. The molecular formula is C14H22O4. The van der Waals surface area contributed by atoms with Crippen LogP contribution in [-0.4, -0.2) is 35.0 Å². The number of hydrogen-bond donors (Lipinski definition) is 1. The van der Waals surface area contributed by atoms with Gasteiger partial charge in [-0.3, -0.25) is 0 Å². The van der Waals surface area contributed by atoms with Crippen LogP contribution in [0.3, 0.4) is 0 Å².